The van der Waals surface area contributed by atoms with E-state index in [-0.39, 0.29) is 37.4 Å². The fourth-order valence-corrected chi connectivity index (χ4v) is 4.64. The number of hydrogen-bond acceptors (Lipinski definition) is 4. The molecular formula is C26H36ClN3O4S. The topological polar surface area (TPSA) is 86.8 Å². The van der Waals surface area contributed by atoms with Gasteiger partial charge >= 0.3 is 0 Å². The molecule has 2 rings (SSSR count). The van der Waals surface area contributed by atoms with Crippen LogP contribution < -0.4 is 9.62 Å². The number of carbonyl (C=O) groups excluding carboxylic acids is 2. The van der Waals surface area contributed by atoms with Gasteiger partial charge in [0.25, 0.3) is 0 Å². The van der Waals surface area contributed by atoms with E-state index in [1.54, 1.807) is 31.2 Å². The number of hydrogen-bond donors (Lipinski definition) is 1. The summed E-state index contributed by atoms with van der Waals surface area (Å²) in [7, 11) is -3.52. The highest BCUT2D eigenvalue weighted by Crippen LogP contribution is 2.20. The summed E-state index contributed by atoms with van der Waals surface area (Å²) in [6, 6.07) is 13.7. The standard InChI is InChI=1S/C26H36ClN3O4S/c1-6-20(3)28-26(32)21(4)29(18-22-11-13-23(27)14-12-22)25(31)8-7-17-30(35(5,33)34)24-15-9-19(2)10-16-24/h9-16,20-21H,6-8,17-18H2,1-5H3,(H,28,32). The number of aryl methyl sites for hydroxylation is 1. The van der Waals surface area contributed by atoms with Crippen molar-refractivity contribution >= 4 is 39.1 Å². The first-order valence-corrected chi connectivity index (χ1v) is 14.0. The van der Waals surface area contributed by atoms with Crippen molar-refractivity contribution in [2.45, 2.75) is 65.6 Å². The van der Waals surface area contributed by atoms with E-state index in [1.165, 1.54) is 9.21 Å². The second kappa shape index (κ2) is 12.9. The smallest absolute Gasteiger partial charge is 0.242 e. The summed E-state index contributed by atoms with van der Waals surface area (Å²) in [6.07, 6.45) is 2.36. The van der Waals surface area contributed by atoms with Gasteiger partial charge in [-0.2, -0.15) is 0 Å². The van der Waals surface area contributed by atoms with Crippen LogP contribution in [0, 0.1) is 6.92 Å². The van der Waals surface area contributed by atoms with E-state index in [0.29, 0.717) is 17.1 Å². The van der Waals surface area contributed by atoms with Crippen molar-refractivity contribution in [1.29, 1.82) is 0 Å². The molecule has 35 heavy (non-hydrogen) atoms. The molecule has 0 spiro atoms. The quantitative estimate of drug-likeness (QED) is 0.444. The predicted molar refractivity (Wildman–Crippen MR) is 142 cm³/mol. The molecule has 9 heteroatoms. The third-order valence-corrected chi connectivity index (χ3v) is 7.35. The van der Waals surface area contributed by atoms with Crippen LogP contribution in [0.25, 0.3) is 0 Å². The van der Waals surface area contributed by atoms with Gasteiger partial charge in [-0.3, -0.25) is 13.9 Å². The minimum Gasteiger partial charge on any atom is -0.352 e. The minimum atomic E-state index is -3.52. The first-order chi connectivity index (χ1) is 16.4. The molecule has 0 aliphatic rings. The van der Waals surface area contributed by atoms with E-state index in [0.717, 1.165) is 23.8 Å². The SMILES string of the molecule is CCC(C)NC(=O)C(C)N(Cc1ccc(Cl)cc1)C(=O)CCCN(c1ccc(C)cc1)S(C)(=O)=O. The zero-order chi connectivity index (χ0) is 26.2. The van der Waals surface area contributed by atoms with Gasteiger partial charge < -0.3 is 10.2 Å². The van der Waals surface area contributed by atoms with Crippen molar-refractivity contribution in [3.63, 3.8) is 0 Å². The largest absolute Gasteiger partial charge is 0.352 e. The Hall–Kier alpha value is -2.58. The Morgan fingerprint density at radius 3 is 2.17 bits per heavy atom. The van der Waals surface area contributed by atoms with Crippen molar-refractivity contribution in [2.24, 2.45) is 0 Å². The summed E-state index contributed by atoms with van der Waals surface area (Å²) in [4.78, 5) is 27.6. The monoisotopic (exact) mass is 521 g/mol. The van der Waals surface area contributed by atoms with Crippen molar-refractivity contribution < 1.29 is 18.0 Å². The number of carbonyl (C=O) groups is 2. The van der Waals surface area contributed by atoms with E-state index >= 15 is 0 Å². The zero-order valence-corrected chi connectivity index (χ0v) is 22.7. The highest BCUT2D eigenvalue weighted by Gasteiger charge is 2.27. The van der Waals surface area contributed by atoms with Crippen LogP contribution in [0.2, 0.25) is 5.02 Å². The Kier molecular flexibility index (Phi) is 10.6. The molecule has 0 saturated heterocycles. The molecule has 192 valence electrons. The molecule has 2 atom stereocenters. The second-order valence-corrected chi connectivity index (χ2v) is 11.3. The Bertz CT molecular complexity index is 1090. The first kappa shape index (κ1) is 28.7. The zero-order valence-electron chi connectivity index (χ0n) is 21.1. The van der Waals surface area contributed by atoms with Crippen LogP contribution in [0.1, 0.15) is 51.2 Å². The molecule has 1 N–H and O–H groups in total. The van der Waals surface area contributed by atoms with Gasteiger partial charge in [0.2, 0.25) is 21.8 Å². The first-order valence-electron chi connectivity index (χ1n) is 11.8. The molecule has 0 fully saturated rings. The molecule has 7 nitrogen and oxygen atoms in total. The summed E-state index contributed by atoms with van der Waals surface area (Å²) >= 11 is 5.99. The molecule has 2 amide bonds. The molecule has 0 radical (unpaired) electrons. The molecule has 0 aliphatic heterocycles. The molecule has 0 aromatic heterocycles. The third kappa shape index (κ3) is 8.85. The lowest BCUT2D eigenvalue weighted by Gasteiger charge is -2.30. The molecule has 0 aliphatic carbocycles. The predicted octanol–water partition coefficient (Wildman–Crippen LogP) is 4.53. The van der Waals surface area contributed by atoms with Gasteiger partial charge in [-0.05, 0) is 63.4 Å². The molecule has 0 saturated carbocycles. The lowest BCUT2D eigenvalue weighted by Crippen LogP contribution is -2.49. The molecule has 2 aromatic carbocycles. The maximum Gasteiger partial charge on any atom is 0.242 e. The number of amides is 2. The van der Waals surface area contributed by atoms with Gasteiger partial charge in [0.05, 0.1) is 11.9 Å². The summed E-state index contributed by atoms with van der Waals surface area (Å²) in [5.41, 5.74) is 2.44. The molecule has 0 heterocycles. The highest BCUT2D eigenvalue weighted by molar-refractivity contribution is 7.92. The van der Waals surface area contributed by atoms with E-state index in [9.17, 15) is 18.0 Å². The molecule has 2 unspecified atom stereocenters. The van der Waals surface area contributed by atoms with Crippen LogP contribution in [0.5, 0.6) is 0 Å². The van der Waals surface area contributed by atoms with Crippen LogP contribution in [-0.4, -0.2) is 50.0 Å². The second-order valence-electron chi connectivity index (χ2n) is 8.92. The Labute approximate surface area is 214 Å². The van der Waals surface area contributed by atoms with Crippen molar-refractivity contribution in [3.05, 3.63) is 64.7 Å². The number of halogens is 1. The van der Waals surface area contributed by atoms with Gasteiger partial charge in [0.15, 0.2) is 0 Å². The highest BCUT2D eigenvalue weighted by atomic mass is 35.5. The Morgan fingerprint density at radius 1 is 1.03 bits per heavy atom. The van der Waals surface area contributed by atoms with Crippen molar-refractivity contribution in [1.82, 2.24) is 10.2 Å². The number of sulfonamides is 1. The Balaban J connectivity index is 2.15. The van der Waals surface area contributed by atoms with Crippen LogP contribution in [0.15, 0.2) is 48.5 Å². The molecular weight excluding hydrogens is 486 g/mol. The lowest BCUT2D eigenvalue weighted by molar-refractivity contribution is -0.140. The van der Waals surface area contributed by atoms with Gasteiger partial charge in [0.1, 0.15) is 6.04 Å². The van der Waals surface area contributed by atoms with Crippen LogP contribution in [-0.2, 0) is 26.2 Å². The summed E-state index contributed by atoms with van der Waals surface area (Å²) in [5, 5.41) is 3.53. The summed E-state index contributed by atoms with van der Waals surface area (Å²) < 4.78 is 26.1. The normalized spacial score (nSPS) is 13.1. The fraction of sp³-hybridized carbons (Fsp3) is 0.462. The van der Waals surface area contributed by atoms with Gasteiger partial charge in [-0.15, -0.1) is 0 Å². The van der Waals surface area contributed by atoms with Crippen molar-refractivity contribution in [3.8, 4) is 0 Å². The van der Waals surface area contributed by atoms with E-state index < -0.39 is 16.1 Å². The van der Waals surface area contributed by atoms with Crippen LogP contribution in [0.4, 0.5) is 5.69 Å². The van der Waals surface area contributed by atoms with E-state index in [4.69, 9.17) is 11.6 Å². The van der Waals surface area contributed by atoms with Gasteiger partial charge in [-0.1, -0.05) is 48.4 Å². The van der Waals surface area contributed by atoms with E-state index in [1.807, 2.05) is 45.0 Å². The summed E-state index contributed by atoms with van der Waals surface area (Å²) in [6.45, 7) is 7.95. The minimum absolute atomic E-state index is 0.00439. The number of benzene rings is 2. The third-order valence-electron chi connectivity index (χ3n) is 5.91. The van der Waals surface area contributed by atoms with Crippen molar-refractivity contribution in [2.75, 3.05) is 17.1 Å². The lowest BCUT2D eigenvalue weighted by atomic mass is 10.1. The maximum absolute atomic E-state index is 13.3. The van der Waals surface area contributed by atoms with Gasteiger partial charge in [0, 0.05) is 30.6 Å². The average Bonchev–Trinajstić information content (AvgIpc) is 2.80. The van der Waals surface area contributed by atoms with Gasteiger partial charge in [-0.25, -0.2) is 8.42 Å². The fourth-order valence-electron chi connectivity index (χ4n) is 3.55. The van der Waals surface area contributed by atoms with E-state index in [2.05, 4.69) is 5.32 Å². The average molecular weight is 522 g/mol. The number of anilines is 1. The van der Waals surface area contributed by atoms with Crippen LogP contribution >= 0.6 is 11.6 Å². The Morgan fingerprint density at radius 2 is 1.63 bits per heavy atom. The van der Waals surface area contributed by atoms with Crippen LogP contribution in [0.3, 0.4) is 0 Å². The summed E-state index contributed by atoms with van der Waals surface area (Å²) in [5.74, 6) is -0.441. The number of nitrogens with one attached hydrogen (secondary N) is 1. The molecule has 2 aromatic rings. The maximum atomic E-state index is 13.3. The molecule has 0 bridgehead atoms. The number of nitrogens with zero attached hydrogens (tertiary/aromatic N) is 2. The number of rotatable bonds is 12.